The molecular weight excluding hydrogens is 238 g/mol. The fourth-order valence-electron chi connectivity index (χ4n) is 1.58. The van der Waals surface area contributed by atoms with Gasteiger partial charge < -0.3 is 20.7 Å². The summed E-state index contributed by atoms with van der Waals surface area (Å²) in [5.41, 5.74) is 5.26. The van der Waals surface area contributed by atoms with Crippen molar-refractivity contribution in [3.05, 3.63) is 35.4 Å². The first-order valence-electron chi connectivity index (χ1n) is 5.29. The number of esters is 1. The SMILES string of the molecule is COC(=O)c1ccccc1C(O)C(O)CC(N)=O. The quantitative estimate of drug-likeness (QED) is 0.626. The molecule has 0 fully saturated rings. The van der Waals surface area contributed by atoms with Crippen molar-refractivity contribution in [2.45, 2.75) is 18.6 Å². The van der Waals surface area contributed by atoms with Gasteiger partial charge in [-0.1, -0.05) is 18.2 Å². The molecule has 6 nitrogen and oxygen atoms in total. The standard InChI is InChI=1S/C12H15NO5/c1-18-12(17)8-5-3-2-4-7(8)11(16)9(14)6-10(13)15/h2-5,9,11,14,16H,6H2,1H3,(H2,13,15). The third kappa shape index (κ3) is 3.28. The largest absolute Gasteiger partial charge is 0.465 e. The lowest BCUT2D eigenvalue weighted by Crippen LogP contribution is -2.26. The molecule has 4 N–H and O–H groups in total. The van der Waals surface area contributed by atoms with Gasteiger partial charge in [0.15, 0.2) is 0 Å². The topological polar surface area (TPSA) is 110 Å². The zero-order valence-corrected chi connectivity index (χ0v) is 9.87. The van der Waals surface area contributed by atoms with E-state index in [1.165, 1.54) is 19.2 Å². The van der Waals surface area contributed by atoms with E-state index in [1.54, 1.807) is 12.1 Å². The van der Waals surface area contributed by atoms with Crippen LogP contribution < -0.4 is 5.73 Å². The Hall–Kier alpha value is -1.92. The molecule has 0 saturated carbocycles. The first kappa shape index (κ1) is 14.1. The number of nitrogens with two attached hydrogens (primary N) is 1. The molecule has 6 heteroatoms. The Morgan fingerprint density at radius 2 is 1.94 bits per heavy atom. The number of hydrogen-bond acceptors (Lipinski definition) is 5. The molecule has 1 aromatic carbocycles. The lowest BCUT2D eigenvalue weighted by Gasteiger charge is -2.18. The first-order valence-corrected chi connectivity index (χ1v) is 5.29. The number of rotatable bonds is 5. The van der Waals surface area contributed by atoms with Gasteiger partial charge in [-0.05, 0) is 11.6 Å². The highest BCUT2D eigenvalue weighted by Crippen LogP contribution is 2.23. The van der Waals surface area contributed by atoms with Crippen LogP contribution in [0.25, 0.3) is 0 Å². The molecule has 0 saturated heterocycles. The highest BCUT2D eigenvalue weighted by atomic mass is 16.5. The summed E-state index contributed by atoms with van der Waals surface area (Å²) < 4.78 is 4.56. The maximum absolute atomic E-state index is 11.5. The second-order valence-electron chi connectivity index (χ2n) is 3.76. The Labute approximate surface area is 104 Å². The molecule has 0 spiro atoms. The fraction of sp³-hybridized carbons (Fsp3) is 0.333. The van der Waals surface area contributed by atoms with Crippen molar-refractivity contribution in [2.75, 3.05) is 7.11 Å². The number of benzene rings is 1. The Morgan fingerprint density at radius 3 is 2.50 bits per heavy atom. The molecule has 0 radical (unpaired) electrons. The van der Waals surface area contributed by atoms with Gasteiger partial charge in [0.2, 0.25) is 5.91 Å². The average Bonchev–Trinajstić information content (AvgIpc) is 2.36. The summed E-state index contributed by atoms with van der Waals surface area (Å²) in [5.74, 6) is -1.37. The summed E-state index contributed by atoms with van der Waals surface area (Å²) in [6, 6.07) is 6.13. The van der Waals surface area contributed by atoms with Gasteiger partial charge in [-0.15, -0.1) is 0 Å². The van der Waals surface area contributed by atoms with Crippen LogP contribution in [0.2, 0.25) is 0 Å². The second kappa shape index (κ2) is 6.13. The van der Waals surface area contributed by atoms with Crippen LogP contribution in [0.15, 0.2) is 24.3 Å². The first-order chi connectivity index (χ1) is 8.47. The minimum atomic E-state index is -1.38. The number of carbonyl (C=O) groups excluding carboxylic acids is 2. The second-order valence-corrected chi connectivity index (χ2v) is 3.76. The van der Waals surface area contributed by atoms with E-state index in [-0.39, 0.29) is 11.1 Å². The maximum atomic E-state index is 11.5. The van der Waals surface area contributed by atoms with Gasteiger partial charge in [0, 0.05) is 0 Å². The molecule has 0 bridgehead atoms. The molecular formula is C12H15NO5. The van der Waals surface area contributed by atoms with Crippen molar-refractivity contribution < 1.29 is 24.5 Å². The summed E-state index contributed by atoms with van der Waals surface area (Å²) in [5, 5.41) is 19.5. The number of aliphatic hydroxyl groups is 2. The maximum Gasteiger partial charge on any atom is 0.338 e. The molecule has 1 rings (SSSR count). The van der Waals surface area contributed by atoms with E-state index in [4.69, 9.17) is 5.73 Å². The highest BCUT2D eigenvalue weighted by Gasteiger charge is 2.24. The molecule has 1 aromatic rings. The number of primary amides is 1. The van der Waals surface area contributed by atoms with Crippen LogP contribution in [0, 0.1) is 0 Å². The summed E-state index contributed by atoms with van der Waals surface area (Å²) in [6.07, 6.45) is -3.14. The Morgan fingerprint density at radius 1 is 1.33 bits per heavy atom. The van der Waals surface area contributed by atoms with Crippen molar-refractivity contribution in [1.82, 2.24) is 0 Å². The van der Waals surface area contributed by atoms with Crippen molar-refractivity contribution in [2.24, 2.45) is 5.73 Å². The molecule has 2 unspecified atom stereocenters. The predicted molar refractivity (Wildman–Crippen MR) is 62.6 cm³/mol. The number of carbonyl (C=O) groups is 2. The van der Waals surface area contributed by atoms with Gasteiger partial charge in [-0.3, -0.25) is 4.79 Å². The van der Waals surface area contributed by atoms with Crippen LogP contribution >= 0.6 is 0 Å². The van der Waals surface area contributed by atoms with Crippen LogP contribution in [0.5, 0.6) is 0 Å². The lowest BCUT2D eigenvalue weighted by atomic mass is 9.97. The number of hydrogen-bond donors (Lipinski definition) is 3. The van der Waals surface area contributed by atoms with E-state index in [0.717, 1.165) is 0 Å². The van der Waals surface area contributed by atoms with Gasteiger partial charge in [0.1, 0.15) is 6.10 Å². The molecule has 98 valence electrons. The number of amides is 1. The zero-order valence-electron chi connectivity index (χ0n) is 9.87. The van der Waals surface area contributed by atoms with Crippen LogP contribution in [0.4, 0.5) is 0 Å². The molecule has 0 aliphatic heterocycles. The number of ether oxygens (including phenoxy) is 1. The van der Waals surface area contributed by atoms with E-state index in [9.17, 15) is 19.8 Å². The zero-order chi connectivity index (χ0) is 13.7. The van der Waals surface area contributed by atoms with Crippen molar-refractivity contribution in [3.63, 3.8) is 0 Å². The summed E-state index contributed by atoms with van der Waals surface area (Å²) in [4.78, 5) is 22.2. The fourth-order valence-corrected chi connectivity index (χ4v) is 1.58. The Kier molecular flexibility index (Phi) is 4.82. The number of aliphatic hydroxyl groups excluding tert-OH is 2. The molecule has 2 atom stereocenters. The monoisotopic (exact) mass is 253 g/mol. The van der Waals surface area contributed by atoms with Gasteiger partial charge in [-0.2, -0.15) is 0 Å². The van der Waals surface area contributed by atoms with Crippen LogP contribution in [0.3, 0.4) is 0 Å². The number of methoxy groups -OCH3 is 1. The molecule has 18 heavy (non-hydrogen) atoms. The lowest BCUT2D eigenvalue weighted by molar-refractivity contribution is -0.121. The molecule has 1 amide bonds. The van der Waals surface area contributed by atoms with E-state index in [2.05, 4.69) is 4.74 Å². The van der Waals surface area contributed by atoms with Gasteiger partial charge >= 0.3 is 5.97 Å². The van der Waals surface area contributed by atoms with Crippen LogP contribution in [-0.2, 0) is 9.53 Å². The summed E-state index contributed by atoms with van der Waals surface area (Å²) >= 11 is 0. The molecule has 0 aliphatic rings. The highest BCUT2D eigenvalue weighted by molar-refractivity contribution is 5.91. The summed E-state index contributed by atoms with van der Waals surface area (Å²) in [6.45, 7) is 0. The van der Waals surface area contributed by atoms with E-state index < -0.39 is 30.5 Å². The van der Waals surface area contributed by atoms with Crippen LogP contribution in [0.1, 0.15) is 28.4 Å². The minimum absolute atomic E-state index is 0.135. The smallest absolute Gasteiger partial charge is 0.338 e. The predicted octanol–water partition coefficient (Wildman–Crippen LogP) is -0.257. The van der Waals surface area contributed by atoms with E-state index >= 15 is 0 Å². The van der Waals surface area contributed by atoms with Gasteiger partial charge in [0.25, 0.3) is 0 Å². The molecule has 0 aromatic heterocycles. The third-order valence-electron chi connectivity index (χ3n) is 2.46. The third-order valence-corrected chi connectivity index (χ3v) is 2.46. The van der Waals surface area contributed by atoms with Crippen LogP contribution in [-0.4, -0.2) is 35.3 Å². The normalized spacial score (nSPS) is 13.7. The Balaban J connectivity index is 3.01. The summed E-state index contributed by atoms with van der Waals surface area (Å²) in [7, 11) is 1.21. The van der Waals surface area contributed by atoms with E-state index in [0.29, 0.717) is 0 Å². The van der Waals surface area contributed by atoms with Crippen molar-refractivity contribution in [3.8, 4) is 0 Å². The van der Waals surface area contributed by atoms with Crippen molar-refractivity contribution in [1.29, 1.82) is 0 Å². The molecule has 0 heterocycles. The Bertz CT molecular complexity index is 446. The average molecular weight is 253 g/mol. The van der Waals surface area contributed by atoms with Gasteiger partial charge in [0.05, 0.1) is 25.2 Å². The van der Waals surface area contributed by atoms with Crippen molar-refractivity contribution >= 4 is 11.9 Å². The van der Waals surface area contributed by atoms with E-state index in [1.807, 2.05) is 0 Å². The molecule has 0 aliphatic carbocycles. The van der Waals surface area contributed by atoms with Gasteiger partial charge in [-0.25, -0.2) is 4.79 Å². The minimum Gasteiger partial charge on any atom is -0.465 e.